The molecule has 1 atom stereocenters. The molecule has 0 amide bonds. The van der Waals surface area contributed by atoms with Gasteiger partial charge >= 0.3 is 0 Å². The van der Waals surface area contributed by atoms with Gasteiger partial charge in [-0.3, -0.25) is 0 Å². The van der Waals surface area contributed by atoms with Gasteiger partial charge in [0.15, 0.2) is 11.5 Å². The van der Waals surface area contributed by atoms with Crippen molar-refractivity contribution >= 4 is 5.82 Å². The van der Waals surface area contributed by atoms with Gasteiger partial charge in [0.2, 0.25) is 0 Å². The molecular weight excluding hydrogens is 266 g/mol. The lowest BCUT2D eigenvalue weighted by Crippen LogP contribution is -2.17. The number of benzene rings is 1. The highest BCUT2D eigenvalue weighted by atomic mass is 16.5. The van der Waals surface area contributed by atoms with Gasteiger partial charge < -0.3 is 20.9 Å². The van der Waals surface area contributed by atoms with Gasteiger partial charge in [-0.05, 0) is 42.7 Å². The number of nitrogen functional groups attached to an aromatic ring is 1. The van der Waals surface area contributed by atoms with E-state index < -0.39 is 0 Å². The second-order valence-corrected chi connectivity index (χ2v) is 4.93. The van der Waals surface area contributed by atoms with Crippen molar-refractivity contribution in [2.24, 2.45) is 5.73 Å². The minimum atomic E-state index is -0.211. The third-order valence-corrected chi connectivity index (χ3v) is 3.51. The van der Waals surface area contributed by atoms with Crippen LogP contribution in [0.4, 0.5) is 5.82 Å². The third kappa shape index (κ3) is 3.25. The summed E-state index contributed by atoms with van der Waals surface area (Å²) in [4.78, 5) is 4.12. The van der Waals surface area contributed by atoms with Crippen molar-refractivity contribution in [2.45, 2.75) is 19.4 Å². The Kier molecular flexibility index (Phi) is 4.65. The van der Waals surface area contributed by atoms with Crippen molar-refractivity contribution in [3.8, 4) is 11.5 Å². The van der Waals surface area contributed by atoms with Crippen LogP contribution < -0.4 is 20.9 Å². The molecule has 0 aliphatic carbocycles. The molecule has 1 unspecified atom stereocenters. The molecule has 0 saturated heterocycles. The SMILES string of the molecule is COc1ccc(CC(N)c2c(C)ccnc2N)cc1OC. The summed E-state index contributed by atoms with van der Waals surface area (Å²) >= 11 is 0. The highest BCUT2D eigenvalue weighted by molar-refractivity contribution is 5.48. The molecular formula is C16H21N3O2. The fraction of sp³-hybridized carbons (Fsp3) is 0.312. The van der Waals surface area contributed by atoms with Gasteiger partial charge in [0.25, 0.3) is 0 Å². The number of rotatable bonds is 5. The highest BCUT2D eigenvalue weighted by Crippen LogP contribution is 2.30. The predicted octanol–water partition coefficient (Wildman–Crippen LogP) is 2.23. The van der Waals surface area contributed by atoms with Crippen LogP contribution in [0.1, 0.15) is 22.7 Å². The largest absolute Gasteiger partial charge is 0.493 e. The molecule has 0 aliphatic heterocycles. The topological polar surface area (TPSA) is 83.4 Å². The molecule has 0 aliphatic rings. The van der Waals surface area contributed by atoms with Gasteiger partial charge in [-0.1, -0.05) is 6.07 Å². The lowest BCUT2D eigenvalue weighted by Gasteiger charge is -2.17. The average Bonchev–Trinajstić information content (AvgIpc) is 2.46. The Labute approximate surface area is 124 Å². The molecule has 0 spiro atoms. The third-order valence-electron chi connectivity index (χ3n) is 3.51. The van der Waals surface area contributed by atoms with E-state index in [1.807, 2.05) is 31.2 Å². The normalized spacial score (nSPS) is 12.0. The number of anilines is 1. The second kappa shape index (κ2) is 6.45. The maximum Gasteiger partial charge on any atom is 0.160 e. The number of aryl methyl sites for hydroxylation is 1. The van der Waals surface area contributed by atoms with Gasteiger partial charge in [-0.2, -0.15) is 0 Å². The molecule has 0 fully saturated rings. The molecule has 5 nitrogen and oxygen atoms in total. The van der Waals surface area contributed by atoms with Crippen molar-refractivity contribution in [1.29, 1.82) is 0 Å². The zero-order chi connectivity index (χ0) is 15.4. The van der Waals surface area contributed by atoms with Crippen LogP contribution >= 0.6 is 0 Å². The van der Waals surface area contributed by atoms with Gasteiger partial charge in [0.1, 0.15) is 5.82 Å². The summed E-state index contributed by atoms with van der Waals surface area (Å²) in [6.45, 7) is 1.99. The first-order chi connectivity index (χ1) is 10.1. The Morgan fingerprint density at radius 2 is 1.86 bits per heavy atom. The zero-order valence-corrected chi connectivity index (χ0v) is 12.6. The smallest absolute Gasteiger partial charge is 0.160 e. The number of aromatic nitrogens is 1. The number of pyridine rings is 1. The predicted molar refractivity (Wildman–Crippen MR) is 83.6 cm³/mol. The average molecular weight is 287 g/mol. The minimum Gasteiger partial charge on any atom is -0.493 e. The van der Waals surface area contributed by atoms with E-state index in [0.717, 1.165) is 16.7 Å². The summed E-state index contributed by atoms with van der Waals surface area (Å²) in [6, 6.07) is 7.49. The quantitative estimate of drug-likeness (QED) is 0.881. The number of hydrogen-bond acceptors (Lipinski definition) is 5. The van der Waals surface area contributed by atoms with E-state index in [2.05, 4.69) is 4.98 Å². The van der Waals surface area contributed by atoms with Crippen molar-refractivity contribution in [3.05, 3.63) is 47.2 Å². The van der Waals surface area contributed by atoms with Gasteiger partial charge in [-0.15, -0.1) is 0 Å². The first-order valence-corrected chi connectivity index (χ1v) is 6.74. The summed E-state index contributed by atoms with van der Waals surface area (Å²) in [7, 11) is 3.23. The number of methoxy groups -OCH3 is 2. The molecule has 21 heavy (non-hydrogen) atoms. The summed E-state index contributed by atoms with van der Waals surface area (Å²) < 4.78 is 10.5. The molecule has 0 bridgehead atoms. The molecule has 2 rings (SSSR count). The summed E-state index contributed by atoms with van der Waals surface area (Å²) in [5.41, 5.74) is 15.2. The van der Waals surface area contributed by atoms with Crippen molar-refractivity contribution in [2.75, 3.05) is 20.0 Å². The maximum atomic E-state index is 6.30. The number of hydrogen-bond donors (Lipinski definition) is 2. The zero-order valence-electron chi connectivity index (χ0n) is 12.6. The van der Waals surface area contributed by atoms with E-state index in [9.17, 15) is 0 Å². The van der Waals surface area contributed by atoms with E-state index >= 15 is 0 Å². The Balaban J connectivity index is 2.25. The number of ether oxygens (including phenoxy) is 2. The van der Waals surface area contributed by atoms with Crippen LogP contribution in [0.25, 0.3) is 0 Å². The van der Waals surface area contributed by atoms with E-state index in [4.69, 9.17) is 20.9 Å². The van der Waals surface area contributed by atoms with Crippen molar-refractivity contribution in [1.82, 2.24) is 4.98 Å². The number of nitrogens with two attached hydrogens (primary N) is 2. The van der Waals surface area contributed by atoms with E-state index in [1.165, 1.54) is 0 Å². The van der Waals surface area contributed by atoms with Crippen LogP contribution in [-0.2, 0) is 6.42 Å². The van der Waals surface area contributed by atoms with Gasteiger partial charge in [-0.25, -0.2) is 4.98 Å². The maximum absolute atomic E-state index is 6.30. The van der Waals surface area contributed by atoms with Crippen molar-refractivity contribution < 1.29 is 9.47 Å². The van der Waals surface area contributed by atoms with Crippen LogP contribution in [0, 0.1) is 6.92 Å². The first kappa shape index (κ1) is 15.1. The van der Waals surface area contributed by atoms with E-state index in [0.29, 0.717) is 23.7 Å². The standard InChI is InChI=1S/C16H21N3O2/c1-10-6-7-19-16(18)15(10)12(17)8-11-4-5-13(20-2)14(9-11)21-3/h4-7,9,12H,8,17H2,1-3H3,(H2,18,19). The van der Waals surface area contributed by atoms with Crippen LogP contribution in [0.3, 0.4) is 0 Å². The first-order valence-electron chi connectivity index (χ1n) is 6.74. The molecule has 0 saturated carbocycles. The second-order valence-electron chi connectivity index (χ2n) is 4.93. The number of nitrogens with zero attached hydrogens (tertiary/aromatic N) is 1. The lowest BCUT2D eigenvalue weighted by molar-refractivity contribution is 0.354. The Hall–Kier alpha value is -2.27. The molecule has 112 valence electrons. The van der Waals surface area contributed by atoms with Crippen LogP contribution in [0.15, 0.2) is 30.5 Å². The molecule has 1 aromatic carbocycles. The van der Waals surface area contributed by atoms with Crippen LogP contribution in [0.2, 0.25) is 0 Å². The van der Waals surface area contributed by atoms with Crippen molar-refractivity contribution in [3.63, 3.8) is 0 Å². The van der Waals surface area contributed by atoms with Crippen LogP contribution in [-0.4, -0.2) is 19.2 Å². The molecule has 0 radical (unpaired) electrons. The minimum absolute atomic E-state index is 0.211. The van der Waals surface area contributed by atoms with Gasteiger partial charge in [0, 0.05) is 17.8 Å². The van der Waals surface area contributed by atoms with E-state index in [-0.39, 0.29) is 6.04 Å². The lowest BCUT2D eigenvalue weighted by atomic mass is 9.96. The fourth-order valence-corrected chi connectivity index (χ4v) is 2.44. The molecule has 5 heteroatoms. The van der Waals surface area contributed by atoms with Crippen LogP contribution in [0.5, 0.6) is 11.5 Å². The molecule has 1 aromatic heterocycles. The van der Waals surface area contributed by atoms with E-state index in [1.54, 1.807) is 20.4 Å². The fourth-order valence-electron chi connectivity index (χ4n) is 2.44. The Morgan fingerprint density at radius 3 is 2.48 bits per heavy atom. The molecule has 1 heterocycles. The Bertz CT molecular complexity index is 609. The summed E-state index contributed by atoms with van der Waals surface area (Å²) in [5.74, 6) is 1.88. The molecule has 4 N–H and O–H groups in total. The monoisotopic (exact) mass is 287 g/mol. The summed E-state index contributed by atoms with van der Waals surface area (Å²) in [5, 5.41) is 0. The van der Waals surface area contributed by atoms with Gasteiger partial charge in [0.05, 0.1) is 14.2 Å². The Morgan fingerprint density at radius 1 is 1.14 bits per heavy atom. The highest BCUT2D eigenvalue weighted by Gasteiger charge is 2.15. The molecule has 2 aromatic rings. The summed E-state index contributed by atoms with van der Waals surface area (Å²) in [6.07, 6.45) is 2.34.